The minimum absolute atomic E-state index is 0.159. The van der Waals surface area contributed by atoms with Gasteiger partial charge in [0.25, 0.3) is 0 Å². The largest absolute Gasteiger partial charge is 0.331 e. The number of hydrogen-bond acceptors (Lipinski definition) is 1. The highest BCUT2D eigenvalue weighted by Gasteiger charge is 2.16. The summed E-state index contributed by atoms with van der Waals surface area (Å²) < 4.78 is 14.9. The van der Waals surface area contributed by atoms with Crippen LogP contribution < -0.4 is 9.13 Å². The molecule has 0 saturated carbocycles. The highest BCUT2D eigenvalue weighted by Crippen LogP contribution is 2.33. The smallest absolute Gasteiger partial charge is 0.324 e. The number of pyridine rings is 2. The molecule has 0 atom stereocenters. The van der Waals surface area contributed by atoms with Gasteiger partial charge in [0, 0.05) is 30.3 Å². The van der Waals surface area contributed by atoms with Crippen LogP contribution in [0.25, 0.3) is 27.6 Å². The molecule has 4 rings (SSSR count). The van der Waals surface area contributed by atoms with E-state index in [0.717, 1.165) is 16.8 Å². The summed E-state index contributed by atoms with van der Waals surface area (Å²) in [6, 6.07) is 22.6. The third kappa shape index (κ3) is 4.18. The molecule has 2 aromatic carbocycles. The van der Waals surface area contributed by atoms with Gasteiger partial charge in [-0.15, -0.1) is 0 Å². The number of fused-ring (bicyclic) bond motifs is 1. The zero-order valence-electron chi connectivity index (χ0n) is 15.2. The number of hydrogen-bond donors (Lipinski definition) is 2. The lowest BCUT2D eigenvalue weighted by atomic mass is 10.1. The predicted molar refractivity (Wildman–Crippen MR) is 108 cm³/mol. The van der Waals surface area contributed by atoms with E-state index in [1.54, 1.807) is 4.57 Å². The average Bonchev–Trinajstić information content (AvgIpc) is 2.72. The highest BCUT2D eigenvalue weighted by atomic mass is 31.2. The van der Waals surface area contributed by atoms with Crippen molar-refractivity contribution in [1.29, 1.82) is 0 Å². The first-order valence-corrected chi connectivity index (χ1v) is 10.8. The molecule has 0 radical (unpaired) electrons. The summed E-state index contributed by atoms with van der Waals surface area (Å²) in [4.78, 5) is 18.0. The fourth-order valence-electron chi connectivity index (χ4n) is 3.26. The van der Waals surface area contributed by atoms with Crippen molar-refractivity contribution in [2.24, 2.45) is 0 Å². The summed E-state index contributed by atoms with van der Waals surface area (Å²) in [5, 5.41) is 2.41. The van der Waals surface area contributed by atoms with E-state index in [1.807, 2.05) is 49.1 Å². The Morgan fingerprint density at radius 2 is 1.36 bits per heavy atom. The monoisotopic (exact) mass is 392 g/mol. The van der Waals surface area contributed by atoms with Crippen molar-refractivity contribution in [3.63, 3.8) is 0 Å². The van der Waals surface area contributed by atoms with E-state index in [2.05, 4.69) is 47.0 Å². The molecule has 2 N–H and O–H groups in total. The normalized spacial score (nSPS) is 11.6. The Kier molecular flexibility index (Phi) is 5.05. The molecule has 0 amide bonds. The van der Waals surface area contributed by atoms with E-state index in [0.29, 0.717) is 6.54 Å². The van der Waals surface area contributed by atoms with Crippen molar-refractivity contribution in [3.8, 4) is 16.8 Å². The van der Waals surface area contributed by atoms with Crippen LogP contribution in [0.15, 0.2) is 91.5 Å². The van der Waals surface area contributed by atoms with Gasteiger partial charge >= 0.3 is 7.60 Å². The summed E-state index contributed by atoms with van der Waals surface area (Å²) in [5.74, 6) is 0. The van der Waals surface area contributed by atoms with Crippen molar-refractivity contribution < 1.29 is 23.5 Å². The van der Waals surface area contributed by atoms with E-state index in [1.165, 1.54) is 10.8 Å². The molecule has 0 bridgehead atoms. The molecule has 28 heavy (non-hydrogen) atoms. The zero-order chi connectivity index (χ0) is 19.6. The molecule has 6 heteroatoms. The predicted octanol–water partition coefficient (Wildman–Crippen LogP) is 3.25. The van der Waals surface area contributed by atoms with Crippen LogP contribution in [0, 0.1) is 0 Å². The van der Waals surface area contributed by atoms with Crippen molar-refractivity contribution in [2.75, 3.05) is 6.16 Å². The number of aromatic nitrogens is 2. The summed E-state index contributed by atoms with van der Waals surface area (Å²) in [7, 11) is -3.98. The minimum Gasteiger partial charge on any atom is -0.324 e. The Morgan fingerprint density at radius 1 is 0.750 bits per heavy atom. The lowest BCUT2D eigenvalue weighted by Gasteiger charge is -2.04. The Morgan fingerprint density at radius 3 is 2.04 bits per heavy atom. The molecule has 0 aliphatic heterocycles. The molecule has 140 valence electrons. The van der Waals surface area contributed by atoms with Crippen LogP contribution in [0.3, 0.4) is 0 Å². The van der Waals surface area contributed by atoms with E-state index >= 15 is 0 Å². The van der Waals surface area contributed by atoms with Crippen LogP contribution in [0.1, 0.15) is 0 Å². The second kappa shape index (κ2) is 7.64. The first kappa shape index (κ1) is 18.5. The maximum atomic E-state index is 11.0. The molecular weight excluding hydrogens is 371 g/mol. The SMILES string of the molecule is O=P(O)(O)CC[n+]1ccc(-c2cc[n+](-c3cccc4ccccc34)cc2)cc1. The van der Waals surface area contributed by atoms with Gasteiger partial charge in [-0.05, 0) is 22.6 Å². The number of aryl methyl sites for hydroxylation is 1. The van der Waals surface area contributed by atoms with Gasteiger partial charge in [-0.2, -0.15) is 4.57 Å². The third-order valence-electron chi connectivity index (χ3n) is 4.75. The van der Waals surface area contributed by atoms with Crippen molar-refractivity contribution in [2.45, 2.75) is 6.54 Å². The summed E-state index contributed by atoms with van der Waals surface area (Å²) in [5.41, 5.74) is 3.27. The van der Waals surface area contributed by atoms with Crippen LogP contribution in [-0.2, 0) is 11.1 Å². The quantitative estimate of drug-likeness (QED) is 0.405. The van der Waals surface area contributed by atoms with Crippen molar-refractivity contribution in [1.82, 2.24) is 0 Å². The molecule has 4 aromatic rings. The molecule has 2 heterocycles. The second-order valence-electron chi connectivity index (χ2n) is 6.71. The number of nitrogens with zero attached hydrogens (tertiary/aromatic N) is 2. The summed E-state index contributed by atoms with van der Waals surface area (Å²) in [6.07, 6.45) is 7.62. The van der Waals surface area contributed by atoms with Crippen LogP contribution >= 0.6 is 7.60 Å². The van der Waals surface area contributed by atoms with Crippen LogP contribution in [0.5, 0.6) is 0 Å². The molecular formula is C22H21N2O3P+2. The van der Waals surface area contributed by atoms with Gasteiger partial charge in [0.05, 0.1) is 5.39 Å². The maximum Gasteiger partial charge on any atom is 0.331 e. The van der Waals surface area contributed by atoms with Gasteiger partial charge in [-0.3, -0.25) is 4.57 Å². The Bertz CT molecular complexity index is 1150. The third-order valence-corrected chi connectivity index (χ3v) is 5.53. The molecule has 0 unspecified atom stereocenters. The Hall–Kier alpha value is -2.85. The van der Waals surface area contributed by atoms with Gasteiger partial charge in [-0.1, -0.05) is 30.3 Å². The van der Waals surface area contributed by atoms with E-state index in [9.17, 15) is 4.57 Å². The van der Waals surface area contributed by atoms with Crippen molar-refractivity contribution in [3.05, 3.63) is 91.5 Å². The second-order valence-corrected chi connectivity index (χ2v) is 8.48. The van der Waals surface area contributed by atoms with Crippen LogP contribution in [0.4, 0.5) is 0 Å². The first-order chi connectivity index (χ1) is 13.5. The standard InChI is InChI=1S/C22H19N2O3P/c25-28(26,27)17-16-23-12-8-18(9-13-23)19-10-14-24(15-11-19)22-7-3-5-20-4-1-2-6-21(20)22/h1-15H,16-17H2/p+2. The van der Waals surface area contributed by atoms with Crippen LogP contribution in [-0.4, -0.2) is 15.9 Å². The molecule has 5 nitrogen and oxygen atoms in total. The van der Waals surface area contributed by atoms with Gasteiger partial charge in [0.2, 0.25) is 5.69 Å². The highest BCUT2D eigenvalue weighted by molar-refractivity contribution is 7.51. The lowest BCUT2D eigenvalue weighted by molar-refractivity contribution is -0.692. The van der Waals surface area contributed by atoms with E-state index in [-0.39, 0.29) is 6.16 Å². The average molecular weight is 392 g/mol. The minimum atomic E-state index is -3.98. The molecule has 0 aliphatic carbocycles. The van der Waals surface area contributed by atoms with Gasteiger partial charge in [-0.25, -0.2) is 4.57 Å². The van der Waals surface area contributed by atoms with E-state index < -0.39 is 7.60 Å². The number of rotatable bonds is 5. The lowest BCUT2D eigenvalue weighted by Crippen LogP contribution is -2.34. The van der Waals surface area contributed by atoms with Gasteiger partial charge in [0.1, 0.15) is 6.16 Å². The van der Waals surface area contributed by atoms with Crippen LogP contribution in [0.2, 0.25) is 0 Å². The molecule has 0 saturated heterocycles. The molecule has 0 fully saturated rings. The summed E-state index contributed by atoms with van der Waals surface area (Å²) in [6.45, 7) is 0.292. The maximum absolute atomic E-state index is 11.0. The first-order valence-electron chi connectivity index (χ1n) is 9.03. The zero-order valence-corrected chi connectivity index (χ0v) is 16.1. The molecule has 0 spiro atoms. The Labute approximate surface area is 163 Å². The topological polar surface area (TPSA) is 65.3 Å². The van der Waals surface area contributed by atoms with Gasteiger partial charge < -0.3 is 9.79 Å². The Balaban J connectivity index is 1.57. The van der Waals surface area contributed by atoms with Gasteiger partial charge in [0.15, 0.2) is 31.3 Å². The van der Waals surface area contributed by atoms with Crippen molar-refractivity contribution >= 4 is 18.4 Å². The molecule has 0 aliphatic rings. The molecule has 2 aromatic heterocycles. The fraction of sp³-hybridized carbons (Fsp3) is 0.0909. The summed E-state index contributed by atoms with van der Waals surface area (Å²) >= 11 is 0. The number of benzene rings is 2. The van der Waals surface area contributed by atoms with E-state index in [4.69, 9.17) is 9.79 Å². The fourth-order valence-corrected chi connectivity index (χ4v) is 3.75.